The van der Waals surface area contributed by atoms with E-state index in [0.717, 1.165) is 12.8 Å². The molecule has 0 bridgehead atoms. The number of nitrogens with two attached hydrogens (primary N) is 1. The number of amides is 1. The van der Waals surface area contributed by atoms with Crippen LogP contribution >= 0.6 is 0 Å². The van der Waals surface area contributed by atoms with Crippen LogP contribution in [0.3, 0.4) is 0 Å². The Kier molecular flexibility index (Phi) is 6.62. The molecule has 0 saturated heterocycles. The highest BCUT2D eigenvalue weighted by molar-refractivity contribution is 5.81. The predicted molar refractivity (Wildman–Crippen MR) is 81.6 cm³/mol. The third-order valence-electron chi connectivity index (χ3n) is 3.47. The molecule has 1 aromatic rings. The highest BCUT2D eigenvalue weighted by Crippen LogP contribution is 2.25. The molecular formula is C16H25FN2O2. The summed E-state index contributed by atoms with van der Waals surface area (Å²) in [6.07, 6.45) is 1.08. The van der Waals surface area contributed by atoms with Crippen molar-refractivity contribution in [2.24, 2.45) is 5.73 Å². The Morgan fingerprint density at radius 1 is 1.33 bits per heavy atom. The van der Waals surface area contributed by atoms with Crippen LogP contribution in [0.1, 0.15) is 52.1 Å². The van der Waals surface area contributed by atoms with Crippen molar-refractivity contribution in [1.29, 1.82) is 0 Å². The maximum Gasteiger partial charge on any atom is 0.260 e. The van der Waals surface area contributed by atoms with Crippen molar-refractivity contribution in [2.75, 3.05) is 0 Å². The summed E-state index contributed by atoms with van der Waals surface area (Å²) in [5.41, 5.74) is 6.36. The first-order valence-corrected chi connectivity index (χ1v) is 7.41. The Labute approximate surface area is 125 Å². The second kappa shape index (κ2) is 7.98. The molecule has 0 aliphatic rings. The van der Waals surface area contributed by atoms with Gasteiger partial charge in [0.1, 0.15) is 11.6 Å². The minimum atomic E-state index is -0.659. The maximum atomic E-state index is 13.3. The quantitative estimate of drug-likeness (QED) is 0.813. The zero-order chi connectivity index (χ0) is 16.0. The molecule has 0 heterocycles. The van der Waals surface area contributed by atoms with Gasteiger partial charge in [-0.2, -0.15) is 0 Å². The van der Waals surface area contributed by atoms with Crippen LogP contribution in [-0.2, 0) is 4.79 Å². The van der Waals surface area contributed by atoms with Crippen LogP contribution in [-0.4, -0.2) is 18.1 Å². The minimum Gasteiger partial charge on any atom is -0.481 e. The predicted octanol–water partition coefficient (Wildman–Crippen LogP) is 2.92. The smallest absolute Gasteiger partial charge is 0.260 e. The molecule has 1 rings (SSSR count). The van der Waals surface area contributed by atoms with Crippen molar-refractivity contribution < 1.29 is 13.9 Å². The molecule has 0 aliphatic heterocycles. The summed E-state index contributed by atoms with van der Waals surface area (Å²) < 4.78 is 18.9. The van der Waals surface area contributed by atoms with Gasteiger partial charge in [0, 0.05) is 17.6 Å². The first-order valence-electron chi connectivity index (χ1n) is 7.41. The highest BCUT2D eigenvalue weighted by atomic mass is 19.1. The lowest BCUT2D eigenvalue weighted by atomic mass is 10.1. The van der Waals surface area contributed by atoms with Gasteiger partial charge in [-0.25, -0.2) is 4.39 Å². The van der Waals surface area contributed by atoms with Crippen molar-refractivity contribution in [2.45, 2.75) is 58.7 Å². The Hall–Kier alpha value is -1.62. The molecule has 3 N–H and O–H groups in total. The third-order valence-corrected chi connectivity index (χ3v) is 3.47. The Morgan fingerprint density at radius 3 is 2.48 bits per heavy atom. The lowest BCUT2D eigenvalue weighted by Gasteiger charge is -2.21. The Balaban J connectivity index is 2.78. The summed E-state index contributed by atoms with van der Waals surface area (Å²) in [7, 11) is 0. The van der Waals surface area contributed by atoms with E-state index in [1.54, 1.807) is 13.8 Å². The molecular weight excluding hydrogens is 271 g/mol. The fourth-order valence-corrected chi connectivity index (χ4v) is 2.04. The van der Waals surface area contributed by atoms with Gasteiger partial charge in [-0.1, -0.05) is 13.8 Å². The van der Waals surface area contributed by atoms with Gasteiger partial charge in [0.2, 0.25) is 0 Å². The van der Waals surface area contributed by atoms with E-state index in [2.05, 4.69) is 5.32 Å². The molecule has 1 amide bonds. The van der Waals surface area contributed by atoms with E-state index in [9.17, 15) is 9.18 Å². The first-order chi connectivity index (χ1) is 9.88. The molecule has 118 valence electrons. The van der Waals surface area contributed by atoms with Gasteiger partial charge in [0.25, 0.3) is 5.91 Å². The third kappa shape index (κ3) is 5.01. The Morgan fingerprint density at radius 2 is 1.95 bits per heavy atom. The van der Waals surface area contributed by atoms with Gasteiger partial charge in [-0.15, -0.1) is 0 Å². The number of hydrogen-bond donors (Lipinski definition) is 2. The molecule has 0 spiro atoms. The number of benzene rings is 1. The maximum absolute atomic E-state index is 13.3. The van der Waals surface area contributed by atoms with Gasteiger partial charge >= 0.3 is 0 Å². The lowest BCUT2D eigenvalue weighted by molar-refractivity contribution is -0.128. The van der Waals surface area contributed by atoms with Crippen LogP contribution in [0.2, 0.25) is 0 Å². The van der Waals surface area contributed by atoms with Crippen molar-refractivity contribution in [3.63, 3.8) is 0 Å². The number of ether oxygens (including phenoxy) is 1. The van der Waals surface area contributed by atoms with E-state index in [1.165, 1.54) is 18.2 Å². The number of rotatable bonds is 7. The molecule has 0 fully saturated rings. The van der Waals surface area contributed by atoms with Crippen molar-refractivity contribution >= 4 is 5.91 Å². The molecule has 0 aromatic heterocycles. The van der Waals surface area contributed by atoms with E-state index in [4.69, 9.17) is 10.5 Å². The van der Waals surface area contributed by atoms with Gasteiger partial charge in [-0.05, 0) is 44.9 Å². The molecule has 2 atom stereocenters. The molecule has 0 radical (unpaired) electrons. The fourth-order valence-electron chi connectivity index (χ4n) is 2.04. The second-order valence-corrected chi connectivity index (χ2v) is 5.25. The number of halogens is 1. The van der Waals surface area contributed by atoms with Crippen LogP contribution in [0.4, 0.5) is 4.39 Å². The number of nitrogens with one attached hydrogen (secondary N) is 1. The summed E-state index contributed by atoms with van der Waals surface area (Å²) in [6.45, 7) is 7.46. The molecule has 21 heavy (non-hydrogen) atoms. The molecule has 2 unspecified atom stereocenters. The summed E-state index contributed by atoms with van der Waals surface area (Å²) in [4.78, 5) is 12.1. The largest absolute Gasteiger partial charge is 0.481 e. The summed E-state index contributed by atoms with van der Waals surface area (Å²) in [6, 6.07) is 3.92. The standard InChI is InChI=1S/C16H25FN2O2/c1-5-13(6-2)19-16(20)11(4)21-15-8-7-12(17)9-14(15)10(3)18/h7-11,13H,5-6,18H2,1-4H3,(H,19,20). The van der Waals surface area contributed by atoms with E-state index >= 15 is 0 Å². The zero-order valence-corrected chi connectivity index (χ0v) is 13.2. The Bertz CT molecular complexity index is 473. The summed E-state index contributed by atoms with van der Waals surface area (Å²) in [5.74, 6) is -0.106. The van der Waals surface area contributed by atoms with Gasteiger partial charge in [0.05, 0.1) is 0 Å². The summed E-state index contributed by atoms with van der Waals surface area (Å²) in [5, 5.41) is 2.93. The van der Waals surface area contributed by atoms with Crippen molar-refractivity contribution in [3.05, 3.63) is 29.6 Å². The molecule has 0 saturated carbocycles. The summed E-state index contributed by atoms with van der Waals surface area (Å²) >= 11 is 0. The second-order valence-electron chi connectivity index (χ2n) is 5.25. The normalized spacial score (nSPS) is 13.9. The zero-order valence-electron chi connectivity index (χ0n) is 13.2. The van der Waals surface area contributed by atoms with E-state index in [-0.39, 0.29) is 23.8 Å². The highest BCUT2D eigenvalue weighted by Gasteiger charge is 2.19. The number of hydrogen-bond acceptors (Lipinski definition) is 3. The van der Waals surface area contributed by atoms with Gasteiger partial charge in [-0.3, -0.25) is 4.79 Å². The van der Waals surface area contributed by atoms with Crippen LogP contribution in [0.5, 0.6) is 5.75 Å². The van der Waals surface area contributed by atoms with Gasteiger partial charge < -0.3 is 15.8 Å². The van der Waals surface area contributed by atoms with Crippen molar-refractivity contribution in [1.82, 2.24) is 5.32 Å². The van der Waals surface area contributed by atoms with E-state index in [1.807, 2.05) is 13.8 Å². The molecule has 5 heteroatoms. The van der Waals surface area contributed by atoms with E-state index in [0.29, 0.717) is 11.3 Å². The first kappa shape index (κ1) is 17.4. The SMILES string of the molecule is CCC(CC)NC(=O)C(C)Oc1ccc(F)cc1C(C)N. The van der Waals surface area contributed by atoms with Gasteiger partial charge in [0.15, 0.2) is 6.10 Å². The number of carbonyl (C=O) groups is 1. The average Bonchev–Trinajstić information content (AvgIpc) is 2.45. The topological polar surface area (TPSA) is 64.3 Å². The van der Waals surface area contributed by atoms with Crippen LogP contribution in [0, 0.1) is 5.82 Å². The fraction of sp³-hybridized carbons (Fsp3) is 0.562. The molecule has 1 aromatic carbocycles. The molecule has 0 aliphatic carbocycles. The lowest BCUT2D eigenvalue weighted by Crippen LogP contribution is -2.42. The monoisotopic (exact) mass is 296 g/mol. The minimum absolute atomic E-state index is 0.143. The van der Waals surface area contributed by atoms with Crippen molar-refractivity contribution in [3.8, 4) is 5.75 Å². The van der Waals surface area contributed by atoms with Crippen LogP contribution in [0.25, 0.3) is 0 Å². The number of carbonyl (C=O) groups excluding carboxylic acids is 1. The van der Waals surface area contributed by atoms with Crippen LogP contribution < -0.4 is 15.8 Å². The van der Waals surface area contributed by atoms with E-state index < -0.39 is 6.10 Å². The average molecular weight is 296 g/mol. The molecule has 4 nitrogen and oxygen atoms in total. The van der Waals surface area contributed by atoms with Crippen LogP contribution in [0.15, 0.2) is 18.2 Å².